The molecule has 0 saturated carbocycles. The number of nitrogens with zero attached hydrogens (tertiary/aromatic N) is 3. The number of hydrogen-bond acceptors (Lipinski definition) is 7. The van der Waals surface area contributed by atoms with E-state index in [0.29, 0.717) is 36.3 Å². The average Bonchev–Trinajstić information content (AvgIpc) is 3.22. The SMILES string of the molecule is C=CCN(Cc1ccc(OC)cc1)Cc1nc(-c2ccc(OC)cc2OC)no1. The number of benzene rings is 2. The van der Waals surface area contributed by atoms with Gasteiger partial charge in [0.15, 0.2) is 0 Å². The standard InChI is InChI=1S/C22H25N3O4/c1-5-12-25(14-16-6-8-17(26-2)9-7-16)15-21-23-22(24-29-21)19-11-10-18(27-3)13-20(19)28-4/h5-11,13H,1,12,14-15H2,2-4H3. The fraction of sp³-hybridized carbons (Fsp3) is 0.273. The molecule has 1 aromatic heterocycles. The number of rotatable bonds is 10. The molecule has 2 aromatic carbocycles. The third-order valence-corrected chi connectivity index (χ3v) is 4.43. The van der Waals surface area contributed by atoms with Gasteiger partial charge in [-0.05, 0) is 29.8 Å². The van der Waals surface area contributed by atoms with Crippen LogP contribution in [0, 0.1) is 0 Å². The maximum atomic E-state index is 5.48. The molecule has 0 aliphatic heterocycles. The fourth-order valence-corrected chi connectivity index (χ4v) is 2.96. The fourth-order valence-electron chi connectivity index (χ4n) is 2.96. The number of ether oxygens (including phenoxy) is 3. The van der Waals surface area contributed by atoms with Gasteiger partial charge in [0.2, 0.25) is 11.7 Å². The Morgan fingerprint density at radius 3 is 2.34 bits per heavy atom. The van der Waals surface area contributed by atoms with Crippen LogP contribution in [0.15, 0.2) is 59.6 Å². The molecule has 0 amide bonds. The maximum absolute atomic E-state index is 5.48. The topological polar surface area (TPSA) is 69.9 Å². The molecule has 0 fully saturated rings. The van der Waals surface area contributed by atoms with Crippen LogP contribution >= 0.6 is 0 Å². The van der Waals surface area contributed by atoms with E-state index in [4.69, 9.17) is 18.7 Å². The molecule has 0 radical (unpaired) electrons. The molecule has 1 heterocycles. The molecule has 0 bridgehead atoms. The summed E-state index contributed by atoms with van der Waals surface area (Å²) < 4.78 is 21.4. The summed E-state index contributed by atoms with van der Waals surface area (Å²) in [6.45, 7) is 5.76. The predicted molar refractivity (Wildman–Crippen MR) is 110 cm³/mol. The zero-order valence-electron chi connectivity index (χ0n) is 16.9. The Morgan fingerprint density at radius 1 is 0.966 bits per heavy atom. The van der Waals surface area contributed by atoms with E-state index < -0.39 is 0 Å². The number of hydrogen-bond donors (Lipinski definition) is 0. The van der Waals surface area contributed by atoms with E-state index in [1.807, 2.05) is 42.5 Å². The van der Waals surface area contributed by atoms with E-state index in [9.17, 15) is 0 Å². The number of aromatic nitrogens is 2. The minimum atomic E-state index is 0.475. The van der Waals surface area contributed by atoms with Crippen molar-refractivity contribution in [3.8, 4) is 28.6 Å². The van der Waals surface area contributed by atoms with Crippen LogP contribution in [0.1, 0.15) is 11.5 Å². The molecular formula is C22H25N3O4. The second-order valence-electron chi connectivity index (χ2n) is 6.38. The molecule has 152 valence electrons. The lowest BCUT2D eigenvalue weighted by Gasteiger charge is -2.18. The summed E-state index contributed by atoms with van der Waals surface area (Å²) in [4.78, 5) is 6.71. The molecule has 29 heavy (non-hydrogen) atoms. The molecule has 3 rings (SSSR count). The summed E-state index contributed by atoms with van der Waals surface area (Å²) >= 11 is 0. The lowest BCUT2D eigenvalue weighted by Crippen LogP contribution is -2.23. The summed E-state index contributed by atoms with van der Waals surface area (Å²) in [6, 6.07) is 13.4. The van der Waals surface area contributed by atoms with E-state index in [2.05, 4.69) is 21.6 Å². The van der Waals surface area contributed by atoms with Crippen molar-refractivity contribution in [2.75, 3.05) is 27.9 Å². The molecular weight excluding hydrogens is 370 g/mol. The highest BCUT2D eigenvalue weighted by Crippen LogP contribution is 2.31. The van der Waals surface area contributed by atoms with E-state index in [-0.39, 0.29) is 0 Å². The second kappa shape index (κ2) is 9.75. The smallest absolute Gasteiger partial charge is 0.241 e. The predicted octanol–water partition coefficient (Wildman–Crippen LogP) is 3.95. The summed E-state index contributed by atoms with van der Waals surface area (Å²) in [7, 11) is 4.86. The zero-order chi connectivity index (χ0) is 20.6. The van der Waals surface area contributed by atoms with Crippen LogP contribution in [-0.2, 0) is 13.1 Å². The van der Waals surface area contributed by atoms with Gasteiger partial charge < -0.3 is 18.7 Å². The highest BCUT2D eigenvalue weighted by atomic mass is 16.5. The van der Waals surface area contributed by atoms with Crippen molar-refractivity contribution in [1.82, 2.24) is 15.0 Å². The van der Waals surface area contributed by atoms with Crippen molar-refractivity contribution < 1.29 is 18.7 Å². The second-order valence-corrected chi connectivity index (χ2v) is 6.38. The summed E-state index contributed by atoms with van der Waals surface area (Å²) in [5.74, 6) is 3.15. The number of methoxy groups -OCH3 is 3. The van der Waals surface area contributed by atoms with Gasteiger partial charge in [-0.3, -0.25) is 4.90 Å². The van der Waals surface area contributed by atoms with Gasteiger partial charge in [0.25, 0.3) is 0 Å². The van der Waals surface area contributed by atoms with E-state index in [0.717, 1.165) is 23.4 Å². The van der Waals surface area contributed by atoms with Crippen molar-refractivity contribution in [3.63, 3.8) is 0 Å². The third kappa shape index (κ3) is 5.14. The Hall–Kier alpha value is -3.32. The minimum Gasteiger partial charge on any atom is -0.497 e. The Balaban J connectivity index is 1.75. The molecule has 0 N–H and O–H groups in total. The van der Waals surface area contributed by atoms with Crippen LogP contribution in [0.4, 0.5) is 0 Å². The molecule has 0 aliphatic carbocycles. The Kier molecular flexibility index (Phi) is 6.86. The van der Waals surface area contributed by atoms with Crippen molar-refractivity contribution in [2.45, 2.75) is 13.1 Å². The van der Waals surface area contributed by atoms with Gasteiger partial charge in [-0.1, -0.05) is 23.4 Å². The van der Waals surface area contributed by atoms with Gasteiger partial charge in [0.1, 0.15) is 17.2 Å². The van der Waals surface area contributed by atoms with Crippen LogP contribution in [-0.4, -0.2) is 42.9 Å². The molecule has 7 nitrogen and oxygen atoms in total. The first kappa shape index (κ1) is 20.4. The highest BCUT2D eigenvalue weighted by Gasteiger charge is 2.16. The van der Waals surface area contributed by atoms with Crippen molar-refractivity contribution in [1.29, 1.82) is 0 Å². The monoisotopic (exact) mass is 395 g/mol. The Morgan fingerprint density at radius 2 is 1.69 bits per heavy atom. The van der Waals surface area contributed by atoms with Gasteiger partial charge in [-0.25, -0.2) is 0 Å². The lowest BCUT2D eigenvalue weighted by atomic mass is 10.2. The van der Waals surface area contributed by atoms with Gasteiger partial charge >= 0.3 is 0 Å². The first-order valence-corrected chi connectivity index (χ1v) is 9.18. The van der Waals surface area contributed by atoms with E-state index in [1.165, 1.54) is 0 Å². The Bertz CT molecular complexity index is 937. The first-order valence-electron chi connectivity index (χ1n) is 9.18. The van der Waals surface area contributed by atoms with Crippen molar-refractivity contribution in [2.24, 2.45) is 0 Å². The van der Waals surface area contributed by atoms with E-state index in [1.54, 1.807) is 27.4 Å². The van der Waals surface area contributed by atoms with Gasteiger partial charge in [0, 0.05) is 19.2 Å². The molecule has 0 unspecified atom stereocenters. The van der Waals surface area contributed by atoms with E-state index >= 15 is 0 Å². The summed E-state index contributed by atoms with van der Waals surface area (Å²) in [6.07, 6.45) is 1.85. The highest BCUT2D eigenvalue weighted by molar-refractivity contribution is 5.65. The molecule has 0 atom stereocenters. The summed E-state index contributed by atoms with van der Waals surface area (Å²) in [5, 5.41) is 4.12. The van der Waals surface area contributed by atoms with Crippen LogP contribution < -0.4 is 14.2 Å². The molecule has 0 saturated heterocycles. The quantitative estimate of drug-likeness (QED) is 0.481. The largest absolute Gasteiger partial charge is 0.497 e. The van der Waals surface area contributed by atoms with Crippen LogP contribution in [0.5, 0.6) is 17.2 Å². The van der Waals surface area contributed by atoms with Gasteiger partial charge in [0.05, 0.1) is 33.4 Å². The van der Waals surface area contributed by atoms with Crippen molar-refractivity contribution in [3.05, 3.63) is 66.6 Å². The molecule has 0 aliphatic rings. The first-order chi connectivity index (χ1) is 14.2. The van der Waals surface area contributed by atoms with Gasteiger partial charge in [-0.15, -0.1) is 6.58 Å². The van der Waals surface area contributed by atoms with Crippen molar-refractivity contribution >= 4 is 0 Å². The lowest BCUT2D eigenvalue weighted by molar-refractivity contribution is 0.239. The Labute approximate surface area is 170 Å². The molecule has 0 spiro atoms. The normalized spacial score (nSPS) is 10.8. The van der Waals surface area contributed by atoms with Crippen LogP contribution in [0.25, 0.3) is 11.4 Å². The molecule has 3 aromatic rings. The average molecular weight is 395 g/mol. The summed E-state index contributed by atoms with van der Waals surface area (Å²) in [5.41, 5.74) is 1.90. The van der Waals surface area contributed by atoms with Crippen LogP contribution in [0.3, 0.4) is 0 Å². The van der Waals surface area contributed by atoms with Gasteiger partial charge in [-0.2, -0.15) is 4.98 Å². The molecule has 7 heteroatoms. The zero-order valence-corrected chi connectivity index (χ0v) is 16.9. The minimum absolute atomic E-state index is 0.475. The maximum Gasteiger partial charge on any atom is 0.241 e. The third-order valence-electron chi connectivity index (χ3n) is 4.43. The van der Waals surface area contributed by atoms with Crippen LogP contribution in [0.2, 0.25) is 0 Å².